The van der Waals surface area contributed by atoms with Crippen molar-refractivity contribution < 1.29 is 19.4 Å². The summed E-state index contributed by atoms with van der Waals surface area (Å²) in [6, 6.07) is 12.2. The Labute approximate surface area is 184 Å². The Morgan fingerprint density at radius 3 is 2.42 bits per heavy atom. The second kappa shape index (κ2) is 6.92. The van der Waals surface area contributed by atoms with Crippen molar-refractivity contribution in [1.29, 1.82) is 0 Å². The molecule has 0 atom stereocenters. The zero-order chi connectivity index (χ0) is 21.9. The van der Waals surface area contributed by atoms with E-state index in [4.69, 9.17) is 0 Å². The molecule has 0 unspecified atom stereocenters. The molecule has 0 bridgehead atoms. The Morgan fingerprint density at radius 2 is 1.77 bits per heavy atom. The molecule has 0 aromatic heterocycles. The number of fused-ring (bicyclic) bond motifs is 2. The zero-order valence-electron chi connectivity index (χ0n) is 17.6. The van der Waals surface area contributed by atoms with Crippen LogP contribution in [0.4, 0.5) is 11.4 Å². The minimum atomic E-state index is -3.39. The molecule has 2 spiro atoms. The fourth-order valence-electron chi connectivity index (χ4n) is 5.39. The van der Waals surface area contributed by atoms with Crippen LogP contribution < -0.4 is 9.62 Å². The number of aldehydes is 1. The number of nitrogens with one attached hydrogen (secondary N) is 1. The first-order chi connectivity index (χ1) is 14.7. The van der Waals surface area contributed by atoms with E-state index in [1.54, 1.807) is 30.3 Å². The van der Waals surface area contributed by atoms with Gasteiger partial charge in [-0.05, 0) is 79.8 Å². The Bertz CT molecular complexity index is 1180. The van der Waals surface area contributed by atoms with Crippen molar-refractivity contribution in [3.05, 3.63) is 59.2 Å². The standard InChI is InChI=1S/C24H26N2O4S.H2/c1-31(29,30)25-19-5-6-21-20(14-19)24(11-9-23(7-8-23)10-12-24)16-26(21)22(28)18-4-2-3-17(13-18)15-27;/h2-6,13-15,25H,7-12,16H2,1H3;1H. The largest absolute Gasteiger partial charge is 0.307 e. The van der Waals surface area contributed by atoms with Crippen LogP contribution in [-0.2, 0) is 15.4 Å². The molecule has 0 radical (unpaired) electrons. The van der Waals surface area contributed by atoms with Crippen LogP contribution in [0.5, 0.6) is 0 Å². The first-order valence-corrected chi connectivity index (χ1v) is 12.6. The number of hydrogen-bond donors (Lipinski definition) is 1. The molecule has 2 aromatic rings. The Hall–Kier alpha value is -2.67. The minimum absolute atomic E-state index is 0. The first-order valence-electron chi connectivity index (χ1n) is 10.7. The van der Waals surface area contributed by atoms with Crippen LogP contribution in [0.25, 0.3) is 0 Å². The van der Waals surface area contributed by atoms with Gasteiger partial charge in [-0.25, -0.2) is 8.42 Å². The highest BCUT2D eigenvalue weighted by molar-refractivity contribution is 7.92. The SMILES string of the molecule is CS(=O)(=O)Nc1ccc2c(c1)C1(CCC3(CC3)CC1)CN2C(=O)c1cccc(C=O)c1.[HH]. The van der Waals surface area contributed by atoms with Crippen molar-refractivity contribution in [3.8, 4) is 0 Å². The summed E-state index contributed by atoms with van der Waals surface area (Å²) in [7, 11) is -3.39. The average molecular weight is 441 g/mol. The molecule has 1 heterocycles. The van der Waals surface area contributed by atoms with Crippen molar-refractivity contribution in [3.63, 3.8) is 0 Å². The lowest BCUT2D eigenvalue weighted by Crippen LogP contribution is -2.40. The van der Waals surface area contributed by atoms with E-state index in [0.717, 1.165) is 49.5 Å². The highest BCUT2D eigenvalue weighted by Crippen LogP contribution is 2.62. The van der Waals surface area contributed by atoms with Gasteiger partial charge < -0.3 is 4.90 Å². The summed E-state index contributed by atoms with van der Waals surface area (Å²) >= 11 is 0. The fourth-order valence-corrected chi connectivity index (χ4v) is 5.95. The molecule has 2 fully saturated rings. The van der Waals surface area contributed by atoms with Crippen LogP contribution in [0, 0.1) is 5.41 Å². The summed E-state index contributed by atoms with van der Waals surface area (Å²) in [6.45, 7) is 0.588. The van der Waals surface area contributed by atoms with Crippen molar-refractivity contribution in [2.75, 3.05) is 22.4 Å². The molecule has 7 heteroatoms. The summed E-state index contributed by atoms with van der Waals surface area (Å²) in [5.41, 5.74) is 3.73. The molecule has 5 rings (SSSR count). The van der Waals surface area contributed by atoms with E-state index >= 15 is 0 Å². The number of hydrogen-bond acceptors (Lipinski definition) is 4. The van der Waals surface area contributed by atoms with Crippen molar-refractivity contribution in [2.24, 2.45) is 5.41 Å². The van der Waals surface area contributed by atoms with Gasteiger partial charge in [-0.15, -0.1) is 0 Å². The summed E-state index contributed by atoms with van der Waals surface area (Å²) in [5, 5.41) is 0. The van der Waals surface area contributed by atoms with Gasteiger partial charge in [0.1, 0.15) is 6.29 Å². The lowest BCUT2D eigenvalue weighted by atomic mass is 9.66. The number of anilines is 2. The Kier molecular flexibility index (Phi) is 4.52. The third-order valence-corrected chi connectivity index (χ3v) is 7.97. The van der Waals surface area contributed by atoms with Gasteiger partial charge in [0, 0.05) is 35.9 Å². The van der Waals surface area contributed by atoms with Crippen LogP contribution in [0.3, 0.4) is 0 Å². The number of nitrogens with zero attached hydrogens (tertiary/aromatic N) is 1. The molecule has 164 valence electrons. The van der Waals surface area contributed by atoms with Gasteiger partial charge in [-0.1, -0.05) is 12.1 Å². The van der Waals surface area contributed by atoms with Crippen LogP contribution in [0.15, 0.2) is 42.5 Å². The van der Waals surface area contributed by atoms with Gasteiger partial charge in [-0.2, -0.15) is 0 Å². The number of carbonyl (C=O) groups excluding carboxylic acids is 2. The van der Waals surface area contributed by atoms with Crippen LogP contribution in [-0.4, -0.2) is 33.4 Å². The summed E-state index contributed by atoms with van der Waals surface area (Å²) in [6.07, 6.45) is 8.79. The molecule has 2 aliphatic carbocycles. The van der Waals surface area contributed by atoms with Gasteiger partial charge in [-0.3, -0.25) is 14.3 Å². The van der Waals surface area contributed by atoms with E-state index in [1.807, 2.05) is 17.0 Å². The Balaban J connectivity index is 0.00000245. The quantitative estimate of drug-likeness (QED) is 0.716. The molecule has 1 N–H and O–H groups in total. The van der Waals surface area contributed by atoms with Gasteiger partial charge in [0.05, 0.1) is 6.26 Å². The van der Waals surface area contributed by atoms with E-state index in [1.165, 1.54) is 12.8 Å². The molecule has 0 saturated heterocycles. The van der Waals surface area contributed by atoms with Crippen molar-refractivity contribution in [1.82, 2.24) is 0 Å². The first kappa shape index (κ1) is 20.2. The molecule has 6 nitrogen and oxygen atoms in total. The predicted molar refractivity (Wildman–Crippen MR) is 122 cm³/mol. The number of carbonyl (C=O) groups is 2. The number of rotatable bonds is 4. The minimum Gasteiger partial charge on any atom is -0.307 e. The molecule has 2 saturated carbocycles. The maximum atomic E-state index is 13.5. The average Bonchev–Trinajstić information content (AvgIpc) is 3.44. The monoisotopic (exact) mass is 440 g/mol. The maximum Gasteiger partial charge on any atom is 0.258 e. The van der Waals surface area contributed by atoms with E-state index in [9.17, 15) is 18.0 Å². The lowest BCUT2D eigenvalue weighted by molar-refractivity contribution is 0.0980. The highest BCUT2D eigenvalue weighted by atomic mass is 32.2. The summed E-state index contributed by atoms with van der Waals surface area (Å²) in [5.74, 6) is -0.127. The van der Waals surface area contributed by atoms with Crippen molar-refractivity contribution in [2.45, 2.75) is 43.9 Å². The van der Waals surface area contributed by atoms with Gasteiger partial charge >= 0.3 is 0 Å². The molecule has 1 aliphatic heterocycles. The number of amides is 1. The molecule has 1 amide bonds. The van der Waals surface area contributed by atoms with Gasteiger partial charge in [0.25, 0.3) is 5.91 Å². The smallest absolute Gasteiger partial charge is 0.258 e. The molecule has 2 aromatic carbocycles. The van der Waals surface area contributed by atoms with E-state index < -0.39 is 10.0 Å². The summed E-state index contributed by atoms with van der Waals surface area (Å²) < 4.78 is 26.1. The van der Waals surface area contributed by atoms with Crippen molar-refractivity contribution >= 4 is 33.6 Å². The maximum absolute atomic E-state index is 13.5. The molecular weight excluding hydrogens is 412 g/mol. The topological polar surface area (TPSA) is 83.6 Å². The predicted octanol–water partition coefficient (Wildman–Crippen LogP) is 4.37. The third-order valence-electron chi connectivity index (χ3n) is 7.36. The van der Waals surface area contributed by atoms with Gasteiger partial charge in [0.2, 0.25) is 10.0 Å². The van der Waals surface area contributed by atoms with E-state index in [2.05, 4.69) is 4.72 Å². The van der Waals surface area contributed by atoms with Crippen LogP contribution in [0.1, 0.15) is 66.2 Å². The summed E-state index contributed by atoms with van der Waals surface area (Å²) in [4.78, 5) is 26.5. The lowest BCUT2D eigenvalue weighted by Gasteiger charge is -2.38. The number of benzene rings is 2. The van der Waals surface area contributed by atoms with E-state index in [-0.39, 0.29) is 12.7 Å². The van der Waals surface area contributed by atoms with Crippen LogP contribution in [0.2, 0.25) is 0 Å². The Morgan fingerprint density at radius 1 is 1.06 bits per heavy atom. The second-order valence-corrected chi connectivity index (χ2v) is 11.3. The zero-order valence-corrected chi connectivity index (χ0v) is 18.4. The van der Waals surface area contributed by atoms with Crippen LogP contribution >= 0.6 is 0 Å². The van der Waals surface area contributed by atoms with E-state index in [0.29, 0.717) is 28.8 Å². The fraction of sp³-hybridized carbons (Fsp3) is 0.417. The molecule has 31 heavy (non-hydrogen) atoms. The molecular formula is C24H28N2O4S. The number of sulfonamides is 1. The normalized spacial score (nSPS) is 20.5. The second-order valence-electron chi connectivity index (χ2n) is 9.52. The van der Waals surface area contributed by atoms with Gasteiger partial charge in [0.15, 0.2) is 0 Å². The highest BCUT2D eigenvalue weighted by Gasteiger charge is 2.53. The third kappa shape index (κ3) is 3.65. The molecule has 3 aliphatic rings.